The molecular weight excluding hydrogens is 330 g/mol. The first-order valence-electron chi connectivity index (χ1n) is 8.85. The van der Waals surface area contributed by atoms with Crippen LogP contribution in [0.5, 0.6) is 0 Å². The first kappa shape index (κ1) is 15.4. The Morgan fingerprint density at radius 1 is 1.19 bits per heavy atom. The van der Waals surface area contributed by atoms with Crippen molar-refractivity contribution < 1.29 is 0 Å². The number of hydrogen-bond acceptors (Lipinski definition) is 8. The molecule has 0 aromatic carbocycles. The third-order valence-corrected chi connectivity index (χ3v) is 5.39. The van der Waals surface area contributed by atoms with E-state index in [1.165, 1.54) is 11.3 Å². The molecule has 9 heteroatoms. The monoisotopic (exact) mass is 351 g/mol. The summed E-state index contributed by atoms with van der Waals surface area (Å²) in [6.07, 6.45) is 4.33. The van der Waals surface area contributed by atoms with E-state index in [1.54, 1.807) is 17.2 Å². The van der Waals surface area contributed by atoms with Gasteiger partial charge in [-0.2, -0.15) is 4.52 Å². The number of rotatable bonds is 3. The molecule has 0 unspecified atom stereocenters. The molecule has 1 fully saturated rings. The van der Waals surface area contributed by atoms with Gasteiger partial charge in [-0.1, -0.05) is 0 Å². The Hall–Kier alpha value is -2.81. The lowest BCUT2D eigenvalue weighted by Gasteiger charge is -2.45. The van der Waals surface area contributed by atoms with E-state index in [1.807, 2.05) is 12.1 Å². The molecule has 26 heavy (non-hydrogen) atoms. The van der Waals surface area contributed by atoms with E-state index in [-0.39, 0.29) is 0 Å². The Morgan fingerprint density at radius 3 is 2.96 bits per heavy atom. The number of likely N-dealkylation sites (N-methyl/N-ethyl adjacent to an activating group) is 2. The van der Waals surface area contributed by atoms with Crippen LogP contribution in [-0.4, -0.2) is 74.5 Å². The van der Waals surface area contributed by atoms with Crippen molar-refractivity contribution in [2.75, 3.05) is 43.5 Å². The number of hydrogen-bond donors (Lipinski definition) is 0. The zero-order valence-electron chi connectivity index (χ0n) is 14.9. The molecule has 2 aliphatic heterocycles. The standard InChI is InChI=1S/C17H21N9/c1-23-6-5-14-13(9-23)17(19-10-18-14)24(2)12-7-25(8-12)16-4-3-15-21-20-11-26(15)22-16/h3-4,10-12H,5-9H2,1-2H3. The van der Waals surface area contributed by atoms with Gasteiger partial charge in [0.25, 0.3) is 0 Å². The van der Waals surface area contributed by atoms with Crippen molar-refractivity contribution in [1.82, 2.24) is 34.7 Å². The van der Waals surface area contributed by atoms with Gasteiger partial charge < -0.3 is 14.7 Å². The Balaban J connectivity index is 1.33. The summed E-state index contributed by atoms with van der Waals surface area (Å²) < 4.78 is 1.71. The number of nitrogens with zero attached hydrogens (tertiary/aromatic N) is 9. The maximum Gasteiger partial charge on any atom is 0.177 e. The van der Waals surface area contributed by atoms with Crippen molar-refractivity contribution in [3.8, 4) is 0 Å². The summed E-state index contributed by atoms with van der Waals surface area (Å²) in [4.78, 5) is 16.0. The van der Waals surface area contributed by atoms with Gasteiger partial charge in [-0.15, -0.1) is 15.3 Å². The fraction of sp³-hybridized carbons (Fsp3) is 0.471. The first-order valence-corrected chi connectivity index (χ1v) is 8.85. The number of fused-ring (bicyclic) bond motifs is 2. The highest BCUT2D eigenvalue weighted by Gasteiger charge is 2.33. The molecule has 0 saturated carbocycles. The molecule has 0 aliphatic carbocycles. The van der Waals surface area contributed by atoms with Crippen LogP contribution in [0.3, 0.4) is 0 Å². The minimum atomic E-state index is 0.416. The molecule has 0 bridgehead atoms. The summed E-state index contributed by atoms with van der Waals surface area (Å²) in [5.74, 6) is 2.01. The zero-order valence-corrected chi connectivity index (χ0v) is 14.9. The summed E-state index contributed by atoms with van der Waals surface area (Å²) in [7, 11) is 4.28. The maximum absolute atomic E-state index is 4.59. The van der Waals surface area contributed by atoms with E-state index >= 15 is 0 Å². The number of anilines is 2. The fourth-order valence-corrected chi connectivity index (χ4v) is 3.71. The molecule has 5 heterocycles. The second-order valence-electron chi connectivity index (χ2n) is 7.11. The Kier molecular flexibility index (Phi) is 3.49. The molecule has 0 radical (unpaired) electrons. The smallest absolute Gasteiger partial charge is 0.177 e. The van der Waals surface area contributed by atoms with Gasteiger partial charge in [-0.25, -0.2) is 9.97 Å². The predicted octanol–water partition coefficient (Wildman–Crippen LogP) is 0.227. The average molecular weight is 351 g/mol. The van der Waals surface area contributed by atoms with E-state index in [4.69, 9.17) is 0 Å². The summed E-state index contributed by atoms with van der Waals surface area (Å²) in [6, 6.07) is 4.37. The molecule has 2 aliphatic rings. The van der Waals surface area contributed by atoms with E-state index in [0.717, 1.165) is 49.9 Å². The van der Waals surface area contributed by atoms with Crippen molar-refractivity contribution in [1.29, 1.82) is 0 Å². The van der Waals surface area contributed by atoms with Gasteiger partial charge in [-0.05, 0) is 19.2 Å². The summed E-state index contributed by atoms with van der Waals surface area (Å²) in [5.41, 5.74) is 3.22. The maximum atomic E-state index is 4.59. The van der Waals surface area contributed by atoms with Crippen LogP contribution in [-0.2, 0) is 13.0 Å². The highest BCUT2D eigenvalue weighted by atomic mass is 15.4. The van der Waals surface area contributed by atoms with Gasteiger partial charge >= 0.3 is 0 Å². The van der Waals surface area contributed by atoms with Crippen LogP contribution >= 0.6 is 0 Å². The van der Waals surface area contributed by atoms with Crippen molar-refractivity contribution in [3.05, 3.63) is 36.0 Å². The topological polar surface area (TPSA) is 78.6 Å². The second-order valence-corrected chi connectivity index (χ2v) is 7.11. The Labute approximate surface area is 151 Å². The van der Waals surface area contributed by atoms with Gasteiger partial charge in [0, 0.05) is 45.2 Å². The van der Waals surface area contributed by atoms with E-state index in [9.17, 15) is 0 Å². The lowest BCUT2D eigenvalue weighted by Crippen LogP contribution is -2.59. The third-order valence-electron chi connectivity index (χ3n) is 5.39. The summed E-state index contributed by atoms with van der Waals surface area (Å²) in [6.45, 7) is 3.82. The van der Waals surface area contributed by atoms with E-state index in [2.05, 4.69) is 54.1 Å². The zero-order chi connectivity index (χ0) is 17.7. The van der Waals surface area contributed by atoms with Crippen LogP contribution in [0.1, 0.15) is 11.3 Å². The van der Waals surface area contributed by atoms with Gasteiger partial charge in [0.2, 0.25) is 0 Å². The van der Waals surface area contributed by atoms with Crippen LogP contribution < -0.4 is 9.80 Å². The van der Waals surface area contributed by atoms with Crippen LogP contribution in [0.15, 0.2) is 24.8 Å². The van der Waals surface area contributed by atoms with Crippen LogP contribution in [0, 0.1) is 0 Å². The minimum absolute atomic E-state index is 0.416. The lowest BCUT2D eigenvalue weighted by atomic mass is 10.0. The minimum Gasteiger partial charge on any atom is -0.353 e. The van der Waals surface area contributed by atoms with E-state index in [0.29, 0.717) is 6.04 Å². The second kappa shape index (κ2) is 5.87. The Bertz CT molecular complexity index is 946. The van der Waals surface area contributed by atoms with Gasteiger partial charge in [0.05, 0.1) is 11.7 Å². The predicted molar refractivity (Wildman–Crippen MR) is 97.3 cm³/mol. The van der Waals surface area contributed by atoms with Crippen molar-refractivity contribution >= 4 is 17.3 Å². The summed E-state index contributed by atoms with van der Waals surface area (Å²) >= 11 is 0. The normalized spacial score (nSPS) is 18.0. The molecular formula is C17H21N9. The largest absolute Gasteiger partial charge is 0.353 e. The van der Waals surface area contributed by atoms with Crippen molar-refractivity contribution in [2.45, 2.75) is 19.0 Å². The number of aromatic nitrogens is 6. The fourth-order valence-electron chi connectivity index (χ4n) is 3.71. The highest BCUT2D eigenvalue weighted by molar-refractivity contribution is 5.54. The Morgan fingerprint density at radius 2 is 2.08 bits per heavy atom. The molecule has 9 nitrogen and oxygen atoms in total. The summed E-state index contributed by atoms with van der Waals surface area (Å²) in [5, 5.41) is 12.5. The molecule has 0 N–H and O–H groups in total. The van der Waals surface area contributed by atoms with Crippen LogP contribution in [0.25, 0.3) is 5.65 Å². The third kappa shape index (κ3) is 2.47. The molecule has 0 atom stereocenters. The lowest BCUT2D eigenvalue weighted by molar-refractivity contribution is 0.308. The van der Waals surface area contributed by atoms with Crippen LogP contribution in [0.4, 0.5) is 11.6 Å². The molecule has 0 amide bonds. The van der Waals surface area contributed by atoms with Gasteiger partial charge in [-0.3, -0.25) is 0 Å². The SMILES string of the molecule is CN1CCc2ncnc(N(C)C3CN(c4ccc5nncn5n4)C3)c2C1. The first-order chi connectivity index (χ1) is 12.7. The highest BCUT2D eigenvalue weighted by Crippen LogP contribution is 2.29. The molecule has 0 spiro atoms. The molecule has 5 rings (SSSR count). The average Bonchev–Trinajstić information content (AvgIpc) is 3.07. The molecule has 3 aromatic heterocycles. The molecule has 134 valence electrons. The quantitative estimate of drug-likeness (QED) is 0.663. The van der Waals surface area contributed by atoms with Gasteiger partial charge in [0.1, 0.15) is 24.3 Å². The molecule has 1 saturated heterocycles. The van der Waals surface area contributed by atoms with Crippen molar-refractivity contribution in [2.24, 2.45) is 0 Å². The van der Waals surface area contributed by atoms with Gasteiger partial charge in [0.15, 0.2) is 5.65 Å². The van der Waals surface area contributed by atoms with Crippen LogP contribution in [0.2, 0.25) is 0 Å². The van der Waals surface area contributed by atoms with Crippen molar-refractivity contribution in [3.63, 3.8) is 0 Å². The van der Waals surface area contributed by atoms with E-state index < -0.39 is 0 Å². The molecule has 3 aromatic rings.